The number of hydrogen-bond acceptors (Lipinski definition) is 6. The maximum absolute atomic E-state index is 12.7. The van der Waals surface area contributed by atoms with Gasteiger partial charge in [0.15, 0.2) is 5.90 Å². The monoisotopic (exact) mass is 596 g/mol. The summed E-state index contributed by atoms with van der Waals surface area (Å²) >= 11 is 0. The van der Waals surface area contributed by atoms with Gasteiger partial charge in [-0.1, -0.05) is 91.0 Å². The van der Waals surface area contributed by atoms with Gasteiger partial charge in [-0.25, -0.2) is 4.79 Å². The van der Waals surface area contributed by atoms with E-state index in [0.717, 1.165) is 65.1 Å². The lowest BCUT2D eigenvalue weighted by molar-refractivity contribution is 0.134. The van der Waals surface area contributed by atoms with Crippen LogP contribution >= 0.6 is 0 Å². The van der Waals surface area contributed by atoms with Crippen LogP contribution in [0.1, 0.15) is 47.1 Å². The van der Waals surface area contributed by atoms with Gasteiger partial charge in [0.25, 0.3) is 0 Å². The lowest BCUT2D eigenvalue weighted by atomic mass is 9.83. The van der Waals surface area contributed by atoms with Crippen molar-refractivity contribution in [3.63, 3.8) is 0 Å². The molecular formula is C38H36N4O3. The number of pyridine rings is 1. The Morgan fingerprint density at radius 3 is 2.31 bits per heavy atom. The molecule has 4 aromatic rings. The van der Waals surface area contributed by atoms with Crippen molar-refractivity contribution in [3.8, 4) is 0 Å². The van der Waals surface area contributed by atoms with Crippen LogP contribution in [0.25, 0.3) is 5.57 Å². The maximum Gasteiger partial charge on any atom is 0.408 e. The molecule has 0 saturated heterocycles. The Morgan fingerprint density at radius 1 is 0.844 bits per heavy atom. The average molecular weight is 597 g/mol. The minimum atomic E-state index is -0.393. The summed E-state index contributed by atoms with van der Waals surface area (Å²) in [6.45, 7) is 1.51. The summed E-state index contributed by atoms with van der Waals surface area (Å²) in [5.74, 6) is 0.767. The number of benzene rings is 3. The zero-order chi connectivity index (χ0) is 30.5. The molecule has 45 heavy (non-hydrogen) atoms. The van der Waals surface area contributed by atoms with E-state index in [4.69, 9.17) is 19.5 Å². The van der Waals surface area contributed by atoms with Crippen molar-refractivity contribution in [2.45, 2.75) is 43.9 Å². The molecule has 1 fully saturated rings. The van der Waals surface area contributed by atoms with E-state index < -0.39 is 6.09 Å². The van der Waals surface area contributed by atoms with Crippen molar-refractivity contribution < 1.29 is 14.3 Å². The number of fused-ring (bicyclic) bond motifs is 1. The highest BCUT2D eigenvalue weighted by Gasteiger charge is 2.46. The van der Waals surface area contributed by atoms with Crippen LogP contribution < -0.4 is 5.32 Å². The second-order valence-corrected chi connectivity index (χ2v) is 11.8. The number of aliphatic imine (C=N–C) groups is 2. The van der Waals surface area contributed by atoms with E-state index in [0.29, 0.717) is 13.2 Å². The van der Waals surface area contributed by atoms with Crippen LogP contribution in [-0.4, -0.2) is 41.9 Å². The third-order valence-electron chi connectivity index (χ3n) is 8.78. The molecule has 2 unspecified atom stereocenters. The van der Waals surface area contributed by atoms with Crippen LogP contribution in [0, 0.1) is 5.92 Å². The highest BCUT2D eigenvalue weighted by molar-refractivity contribution is 6.32. The standard InChI is InChI=1S/C38H36N4O3/c43-37(45-26-28-7-3-1-4-8-28)42-38(19-20-38)31-13-11-30(12-14-31)35-32(29-9-5-2-6-10-29)25-33-34(41-35)17-23-40-36(33)44-24-18-27-15-21-39-22-16-27/h1-16,21-22,25,33-34H,17-20,23-24,26H2,(H,42,43). The fourth-order valence-corrected chi connectivity index (χ4v) is 6.14. The van der Waals surface area contributed by atoms with Crippen molar-refractivity contribution in [1.29, 1.82) is 0 Å². The first-order valence-corrected chi connectivity index (χ1v) is 15.7. The average Bonchev–Trinajstić information content (AvgIpc) is 3.88. The molecule has 2 aliphatic heterocycles. The van der Waals surface area contributed by atoms with E-state index in [1.54, 1.807) is 0 Å². The summed E-state index contributed by atoms with van der Waals surface area (Å²) in [4.78, 5) is 26.9. The summed E-state index contributed by atoms with van der Waals surface area (Å²) in [5.41, 5.74) is 7.08. The molecule has 2 atom stereocenters. The van der Waals surface area contributed by atoms with E-state index in [-0.39, 0.29) is 24.1 Å². The molecule has 7 nitrogen and oxygen atoms in total. The number of carbonyl (C=O) groups excluding carboxylic acids is 1. The highest BCUT2D eigenvalue weighted by atomic mass is 16.5. The molecule has 0 radical (unpaired) electrons. The predicted molar refractivity (Wildman–Crippen MR) is 176 cm³/mol. The molecule has 1 aliphatic carbocycles. The van der Waals surface area contributed by atoms with E-state index in [1.165, 1.54) is 5.56 Å². The number of ether oxygens (including phenoxy) is 2. The normalized spacial score (nSPS) is 19.7. The van der Waals surface area contributed by atoms with Gasteiger partial charge in [-0.05, 0) is 53.6 Å². The van der Waals surface area contributed by atoms with Crippen LogP contribution in [-0.2, 0) is 28.0 Å². The van der Waals surface area contributed by atoms with E-state index in [9.17, 15) is 4.79 Å². The van der Waals surface area contributed by atoms with Crippen molar-refractivity contribution >= 4 is 23.3 Å². The molecule has 3 heterocycles. The Kier molecular flexibility index (Phi) is 8.23. The van der Waals surface area contributed by atoms with E-state index in [1.807, 2.05) is 60.9 Å². The van der Waals surface area contributed by atoms with Gasteiger partial charge in [-0.2, -0.15) is 0 Å². The van der Waals surface area contributed by atoms with Gasteiger partial charge in [0, 0.05) is 36.5 Å². The van der Waals surface area contributed by atoms with Crippen LogP contribution in [0.15, 0.2) is 126 Å². The second kappa shape index (κ2) is 12.9. The molecule has 3 aromatic carbocycles. The lowest BCUT2D eigenvalue weighted by Crippen LogP contribution is -2.36. The lowest BCUT2D eigenvalue weighted by Gasteiger charge is -2.32. The fraction of sp³-hybridized carbons (Fsp3) is 0.263. The summed E-state index contributed by atoms with van der Waals surface area (Å²) in [6, 6.07) is 32.7. The minimum absolute atomic E-state index is 0.00440. The zero-order valence-electron chi connectivity index (χ0n) is 25.1. The van der Waals surface area contributed by atoms with Gasteiger partial charge in [0.1, 0.15) is 6.61 Å². The van der Waals surface area contributed by atoms with E-state index in [2.05, 4.69) is 64.9 Å². The fourth-order valence-electron chi connectivity index (χ4n) is 6.14. The number of nitrogens with zero attached hydrogens (tertiary/aromatic N) is 3. The Labute approximate surface area is 263 Å². The Hall–Kier alpha value is -5.04. The number of nitrogens with one attached hydrogen (secondary N) is 1. The van der Waals surface area contributed by atoms with Crippen molar-refractivity contribution in [2.24, 2.45) is 15.9 Å². The first kappa shape index (κ1) is 28.7. The number of amides is 1. The van der Waals surface area contributed by atoms with Gasteiger partial charge in [-0.15, -0.1) is 0 Å². The van der Waals surface area contributed by atoms with Crippen LogP contribution in [0.4, 0.5) is 4.79 Å². The van der Waals surface area contributed by atoms with Gasteiger partial charge in [0.2, 0.25) is 0 Å². The Balaban J connectivity index is 1.08. The molecule has 226 valence electrons. The molecule has 1 aromatic heterocycles. The van der Waals surface area contributed by atoms with Crippen LogP contribution in [0.2, 0.25) is 0 Å². The number of rotatable bonds is 9. The van der Waals surface area contributed by atoms with Crippen molar-refractivity contribution in [1.82, 2.24) is 10.3 Å². The highest BCUT2D eigenvalue weighted by Crippen LogP contribution is 2.46. The largest absolute Gasteiger partial charge is 0.480 e. The number of dihydropyridines is 1. The van der Waals surface area contributed by atoms with Gasteiger partial charge >= 0.3 is 6.09 Å². The van der Waals surface area contributed by atoms with Gasteiger partial charge in [-0.3, -0.25) is 15.0 Å². The van der Waals surface area contributed by atoms with Crippen LogP contribution in [0.3, 0.4) is 0 Å². The third kappa shape index (κ3) is 6.58. The third-order valence-corrected chi connectivity index (χ3v) is 8.78. The molecule has 0 spiro atoms. The first-order chi connectivity index (χ1) is 22.2. The SMILES string of the molecule is O=C(NC1(c2ccc(C3=NC4CCN=C(OCCc5ccncc5)C4C=C3c3ccccc3)cc2)CC1)OCc1ccccc1. The van der Waals surface area contributed by atoms with Crippen molar-refractivity contribution in [2.75, 3.05) is 13.2 Å². The molecule has 7 rings (SSSR count). The van der Waals surface area contributed by atoms with Crippen LogP contribution in [0.5, 0.6) is 0 Å². The predicted octanol–water partition coefficient (Wildman–Crippen LogP) is 6.93. The number of alkyl carbamates (subject to hydrolysis) is 1. The quantitative estimate of drug-likeness (QED) is 0.227. The van der Waals surface area contributed by atoms with Gasteiger partial charge < -0.3 is 14.8 Å². The maximum atomic E-state index is 12.7. The molecule has 1 saturated carbocycles. The first-order valence-electron chi connectivity index (χ1n) is 15.7. The Bertz CT molecular complexity index is 1710. The number of allylic oxidation sites excluding steroid dienone is 1. The summed E-state index contributed by atoms with van der Waals surface area (Å²) in [7, 11) is 0. The summed E-state index contributed by atoms with van der Waals surface area (Å²) in [5, 5.41) is 3.12. The molecule has 1 amide bonds. The minimum Gasteiger partial charge on any atom is -0.480 e. The van der Waals surface area contributed by atoms with Gasteiger partial charge in [0.05, 0.1) is 29.8 Å². The topological polar surface area (TPSA) is 85.2 Å². The molecular weight excluding hydrogens is 560 g/mol. The molecule has 7 heteroatoms. The van der Waals surface area contributed by atoms with E-state index >= 15 is 0 Å². The summed E-state index contributed by atoms with van der Waals surface area (Å²) < 4.78 is 11.8. The number of carbonyl (C=O) groups is 1. The smallest absolute Gasteiger partial charge is 0.408 e. The molecule has 1 N–H and O–H groups in total. The molecule has 3 aliphatic rings. The number of hydrogen-bond donors (Lipinski definition) is 1. The molecule has 0 bridgehead atoms. The van der Waals surface area contributed by atoms with Crippen molar-refractivity contribution in [3.05, 3.63) is 143 Å². The zero-order valence-corrected chi connectivity index (χ0v) is 25.1. The second-order valence-electron chi connectivity index (χ2n) is 11.8. The Morgan fingerprint density at radius 2 is 1.58 bits per heavy atom. The number of aromatic nitrogens is 1. The summed E-state index contributed by atoms with van der Waals surface area (Å²) in [6.07, 6.45) is 8.97.